The monoisotopic (exact) mass is 310 g/mol. The Balaban J connectivity index is 1.99. The molecule has 1 heterocycles. The van der Waals surface area contributed by atoms with E-state index < -0.39 is 17.2 Å². The van der Waals surface area contributed by atoms with E-state index in [1.54, 1.807) is 11.0 Å². The first kappa shape index (κ1) is 16.4. The molecule has 0 bridgehead atoms. The molecule has 0 atom stereocenters. The zero-order chi connectivity index (χ0) is 16.5. The molecule has 0 spiro atoms. The van der Waals surface area contributed by atoms with Gasteiger partial charge >= 0.3 is 6.09 Å². The molecule has 0 aliphatic carbocycles. The van der Waals surface area contributed by atoms with Crippen LogP contribution in [0.2, 0.25) is 0 Å². The lowest BCUT2D eigenvalue weighted by Gasteiger charge is -2.33. The summed E-state index contributed by atoms with van der Waals surface area (Å²) < 4.78 is 18.9. The number of nitrogen functional groups attached to an aromatic ring is 1. The van der Waals surface area contributed by atoms with E-state index >= 15 is 0 Å². The van der Waals surface area contributed by atoms with Crippen molar-refractivity contribution in [3.63, 3.8) is 0 Å². The van der Waals surface area contributed by atoms with E-state index in [2.05, 4.69) is 0 Å². The molecule has 122 valence electrons. The zero-order valence-electron chi connectivity index (χ0n) is 13.2. The van der Waals surface area contributed by atoms with Gasteiger partial charge in [-0.1, -0.05) is 0 Å². The number of piperidine rings is 1. The Bertz CT molecular complexity index is 538. The van der Waals surface area contributed by atoms with Gasteiger partial charge in [0.2, 0.25) is 0 Å². The maximum atomic E-state index is 13.6. The van der Waals surface area contributed by atoms with Gasteiger partial charge in [-0.15, -0.1) is 0 Å². The normalized spacial score (nSPS) is 16.6. The summed E-state index contributed by atoms with van der Waals surface area (Å²) >= 11 is 0. The molecule has 0 aromatic heterocycles. The van der Waals surface area contributed by atoms with Crippen LogP contribution in [0.4, 0.5) is 14.9 Å². The molecule has 3 N–H and O–H groups in total. The highest BCUT2D eigenvalue weighted by Gasteiger charge is 2.28. The SMILES string of the molecule is CC(C)(C)OC(=O)N1CCC(c2cc(N)c(O)c(F)c2)CC1. The molecular weight excluding hydrogens is 287 g/mol. The lowest BCUT2D eigenvalue weighted by Crippen LogP contribution is -2.41. The maximum absolute atomic E-state index is 13.6. The van der Waals surface area contributed by atoms with E-state index in [9.17, 15) is 14.3 Å². The third-order valence-electron chi connectivity index (χ3n) is 3.73. The zero-order valence-corrected chi connectivity index (χ0v) is 13.2. The Morgan fingerprint density at radius 1 is 1.36 bits per heavy atom. The molecular formula is C16H23FN2O3. The number of carbonyl (C=O) groups is 1. The summed E-state index contributed by atoms with van der Waals surface area (Å²) in [5.41, 5.74) is 5.89. The quantitative estimate of drug-likeness (QED) is 0.617. The predicted octanol–water partition coefficient (Wildman–Crippen LogP) is 3.23. The average Bonchev–Trinajstić information content (AvgIpc) is 2.42. The van der Waals surface area contributed by atoms with E-state index in [0.29, 0.717) is 25.9 Å². The number of aromatic hydroxyl groups is 1. The number of nitrogens with two attached hydrogens (primary N) is 1. The molecule has 1 amide bonds. The van der Waals surface area contributed by atoms with Gasteiger partial charge in [-0.25, -0.2) is 9.18 Å². The fourth-order valence-corrected chi connectivity index (χ4v) is 2.60. The number of likely N-dealkylation sites (tertiary alicyclic amines) is 1. The van der Waals surface area contributed by atoms with Gasteiger partial charge in [-0.05, 0) is 57.2 Å². The Kier molecular flexibility index (Phi) is 4.49. The Hall–Kier alpha value is -1.98. The van der Waals surface area contributed by atoms with Crippen LogP contribution in [0.15, 0.2) is 12.1 Å². The highest BCUT2D eigenvalue weighted by atomic mass is 19.1. The highest BCUT2D eigenvalue weighted by Crippen LogP contribution is 2.34. The van der Waals surface area contributed by atoms with Crippen molar-refractivity contribution in [3.05, 3.63) is 23.5 Å². The lowest BCUT2D eigenvalue weighted by molar-refractivity contribution is 0.0205. The van der Waals surface area contributed by atoms with Crippen molar-refractivity contribution in [3.8, 4) is 5.75 Å². The van der Waals surface area contributed by atoms with Gasteiger partial charge in [0.25, 0.3) is 0 Å². The number of phenolic OH excluding ortho intramolecular Hbond substituents is 1. The number of amides is 1. The number of benzene rings is 1. The van der Waals surface area contributed by atoms with Gasteiger partial charge in [0.15, 0.2) is 11.6 Å². The van der Waals surface area contributed by atoms with E-state index in [1.807, 2.05) is 20.8 Å². The number of anilines is 1. The van der Waals surface area contributed by atoms with Gasteiger partial charge in [0.1, 0.15) is 5.60 Å². The fourth-order valence-electron chi connectivity index (χ4n) is 2.60. The highest BCUT2D eigenvalue weighted by molar-refractivity contribution is 5.68. The van der Waals surface area contributed by atoms with Crippen molar-refractivity contribution in [2.45, 2.75) is 45.1 Å². The Labute approximate surface area is 129 Å². The molecule has 1 aliphatic heterocycles. The van der Waals surface area contributed by atoms with Crippen molar-refractivity contribution < 1.29 is 19.0 Å². The van der Waals surface area contributed by atoms with Crippen LogP contribution in [0.3, 0.4) is 0 Å². The van der Waals surface area contributed by atoms with Crippen molar-refractivity contribution in [2.24, 2.45) is 0 Å². The number of hydrogen-bond acceptors (Lipinski definition) is 4. The number of rotatable bonds is 1. The second-order valence-corrected chi connectivity index (χ2v) is 6.68. The molecule has 1 aliphatic rings. The Morgan fingerprint density at radius 3 is 2.45 bits per heavy atom. The first-order valence-corrected chi connectivity index (χ1v) is 7.43. The number of carbonyl (C=O) groups excluding carboxylic acids is 1. The van der Waals surface area contributed by atoms with Crippen LogP contribution < -0.4 is 5.73 Å². The lowest BCUT2D eigenvalue weighted by atomic mass is 9.89. The number of hydrogen-bond donors (Lipinski definition) is 2. The largest absolute Gasteiger partial charge is 0.503 e. The second kappa shape index (κ2) is 6.02. The van der Waals surface area contributed by atoms with E-state index in [1.165, 1.54) is 6.07 Å². The third kappa shape index (κ3) is 3.81. The van der Waals surface area contributed by atoms with Crippen LogP contribution in [0.5, 0.6) is 5.75 Å². The maximum Gasteiger partial charge on any atom is 0.410 e. The molecule has 2 rings (SSSR count). The van der Waals surface area contributed by atoms with Crippen molar-refractivity contribution in [1.29, 1.82) is 0 Å². The van der Waals surface area contributed by atoms with Crippen molar-refractivity contribution in [1.82, 2.24) is 4.90 Å². The predicted molar refractivity (Wildman–Crippen MR) is 82.3 cm³/mol. The molecule has 1 aromatic rings. The van der Waals surface area contributed by atoms with Crippen LogP contribution in [-0.2, 0) is 4.74 Å². The van der Waals surface area contributed by atoms with Crippen LogP contribution in [0, 0.1) is 5.82 Å². The molecule has 0 unspecified atom stereocenters. The smallest absolute Gasteiger partial charge is 0.410 e. The number of phenols is 1. The number of nitrogens with zero attached hydrogens (tertiary/aromatic N) is 1. The van der Waals surface area contributed by atoms with E-state index in [0.717, 1.165) is 5.56 Å². The molecule has 6 heteroatoms. The summed E-state index contributed by atoms with van der Waals surface area (Å²) in [6, 6.07) is 2.92. The summed E-state index contributed by atoms with van der Waals surface area (Å²) in [4.78, 5) is 13.7. The number of ether oxygens (including phenoxy) is 1. The standard InChI is InChI=1S/C16H23FN2O3/c1-16(2,3)22-15(21)19-6-4-10(5-7-19)11-8-12(17)14(20)13(18)9-11/h8-10,20H,4-7,18H2,1-3H3. The summed E-state index contributed by atoms with van der Waals surface area (Å²) in [6.07, 6.45) is 1.11. The van der Waals surface area contributed by atoms with Crippen molar-refractivity contribution in [2.75, 3.05) is 18.8 Å². The Morgan fingerprint density at radius 2 is 1.95 bits per heavy atom. The molecule has 5 nitrogen and oxygen atoms in total. The molecule has 22 heavy (non-hydrogen) atoms. The van der Waals surface area contributed by atoms with Gasteiger partial charge in [0.05, 0.1) is 5.69 Å². The van der Waals surface area contributed by atoms with Crippen LogP contribution in [0.25, 0.3) is 0 Å². The molecule has 0 saturated carbocycles. The number of halogens is 1. The van der Waals surface area contributed by atoms with Gasteiger partial charge in [0, 0.05) is 13.1 Å². The average molecular weight is 310 g/mol. The fraction of sp³-hybridized carbons (Fsp3) is 0.562. The summed E-state index contributed by atoms with van der Waals surface area (Å²) in [6.45, 7) is 6.61. The van der Waals surface area contributed by atoms with Crippen LogP contribution >= 0.6 is 0 Å². The summed E-state index contributed by atoms with van der Waals surface area (Å²) in [5.74, 6) is -1.09. The minimum absolute atomic E-state index is 0.0459. The third-order valence-corrected chi connectivity index (χ3v) is 3.73. The summed E-state index contributed by atoms with van der Waals surface area (Å²) in [5, 5.41) is 9.38. The van der Waals surface area contributed by atoms with Gasteiger partial charge in [-0.3, -0.25) is 0 Å². The first-order valence-electron chi connectivity index (χ1n) is 7.43. The second-order valence-electron chi connectivity index (χ2n) is 6.68. The summed E-state index contributed by atoms with van der Waals surface area (Å²) in [7, 11) is 0. The molecule has 1 aromatic carbocycles. The molecule has 1 fully saturated rings. The van der Waals surface area contributed by atoms with Crippen molar-refractivity contribution >= 4 is 11.8 Å². The first-order chi connectivity index (χ1) is 10.2. The molecule has 0 radical (unpaired) electrons. The minimum Gasteiger partial charge on any atom is -0.503 e. The van der Waals surface area contributed by atoms with E-state index in [4.69, 9.17) is 10.5 Å². The minimum atomic E-state index is -0.704. The van der Waals surface area contributed by atoms with Crippen LogP contribution in [-0.4, -0.2) is 34.8 Å². The van der Waals surface area contributed by atoms with Crippen LogP contribution in [0.1, 0.15) is 45.1 Å². The topological polar surface area (TPSA) is 75.8 Å². The molecule has 1 saturated heterocycles. The van der Waals surface area contributed by atoms with Gasteiger partial charge in [-0.2, -0.15) is 0 Å². The van der Waals surface area contributed by atoms with E-state index in [-0.39, 0.29) is 17.7 Å². The van der Waals surface area contributed by atoms with Gasteiger partial charge < -0.3 is 20.5 Å².